The Bertz CT molecular complexity index is 858. The summed E-state index contributed by atoms with van der Waals surface area (Å²) >= 11 is 5.90. The SMILES string of the molecule is O=C(C=Cc1c(F)cccc1Cl)Nc1ccc(-n2cnnn2)cc1. The largest absolute Gasteiger partial charge is 0.323 e. The predicted octanol–water partition coefficient (Wildman–Crippen LogP) is 3.11. The molecular formula is C16H11ClFN5O. The smallest absolute Gasteiger partial charge is 0.248 e. The number of aromatic nitrogens is 4. The average molecular weight is 344 g/mol. The van der Waals surface area contributed by atoms with Gasteiger partial charge in [-0.25, -0.2) is 9.07 Å². The molecule has 0 saturated heterocycles. The molecule has 1 amide bonds. The van der Waals surface area contributed by atoms with E-state index in [1.54, 1.807) is 30.3 Å². The molecule has 0 spiro atoms. The lowest BCUT2D eigenvalue weighted by atomic mass is 10.2. The van der Waals surface area contributed by atoms with Gasteiger partial charge in [0, 0.05) is 17.3 Å². The highest BCUT2D eigenvalue weighted by Crippen LogP contribution is 2.20. The number of halogens is 2. The van der Waals surface area contributed by atoms with Gasteiger partial charge in [-0.05, 0) is 52.9 Å². The molecule has 0 aliphatic carbocycles. The van der Waals surface area contributed by atoms with Crippen LogP contribution in [0.15, 0.2) is 54.9 Å². The van der Waals surface area contributed by atoms with Crippen molar-refractivity contribution in [2.45, 2.75) is 0 Å². The second kappa shape index (κ2) is 7.01. The molecule has 3 rings (SSSR count). The van der Waals surface area contributed by atoms with Crippen LogP contribution in [0.5, 0.6) is 0 Å². The Labute approximate surface area is 141 Å². The van der Waals surface area contributed by atoms with E-state index in [0.29, 0.717) is 5.69 Å². The zero-order valence-corrected chi connectivity index (χ0v) is 13.0. The topological polar surface area (TPSA) is 72.7 Å². The van der Waals surface area contributed by atoms with Gasteiger partial charge in [0.1, 0.15) is 12.1 Å². The number of tetrazole rings is 1. The summed E-state index contributed by atoms with van der Waals surface area (Å²) in [5.74, 6) is -0.887. The van der Waals surface area contributed by atoms with Crippen molar-refractivity contribution in [2.75, 3.05) is 5.32 Å². The quantitative estimate of drug-likeness (QED) is 0.739. The molecule has 6 nitrogen and oxygen atoms in total. The average Bonchev–Trinajstić information content (AvgIpc) is 3.09. The number of carbonyl (C=O) groups is 1. The Morgan fingerprint density at radius 2 is 2.00 bits per heavy atom. The lowest BCUT2D eigenvalue weighted by molar-refractivity contribution is -0.111. The first kappa shape index (κ1) is 15.8. The van der Waals surface area contributed by atoms with Gasteiger partial charge in [-0.1, -0.05) is 17.7 Å². The Morgan fingerprint density at radius 1 is 1.21 bits per heavy atom. The van der Waals surface area contributed by atoms with Crippen molar-refractivity contribution in [1.29, 1.82) is 0 Å². The maximum atomic E-state index is 13.6. The summed E-state index contributed by atoms with van der Waals surface area (Å²) in [5, 5.41) is 13.8. The Morgan fingerprint density at radius 3 is 2.67 bits per heavy atom. The minimum absolute atomic E-state index is 0.170. The number of hydrogen-bond donors (Lipinski definition) is 1. The molecule has 1 N–H and O–H groups in total. The van der Waals surface area contributed by atoms with Crippen LogP contribution in [0.2, 0.25) is 5.02 Å². The van der Waals surface area contributed by atoms with Gasteiger partial charge < -0.3 is 5.32 Å². The van der Waals surface area contributed by atoms with E-state index < -0.39 is 11.7 Å². The van der Waals surface area contributed by atoms with E-state index in [-0.39, 0.29) is 10.6 Å². The summed E-state index contributed by atoms with van der Waals surface area (Å²) in [6, 6.07) is 11.3. The highest BCUT2D eigenvalue weighted by molar-refractivity contribution is 6.32. The predicted molar refractivity (Wildman–Crippen MR) is 88.2 cm³/mol. The standard InChI is InChI=1S/C16H11ClFN5O/c17-14-2-1-3-15(18)13(14)8-9-16(24)20-11-4-6-12(7-5-11)23-10-19-21-22-23/h1-10H,(H,20,24). The molecule has 0 bridgehead atoms. The molecule has 0 fully saturated rings. The minimum Gasteiger partial charge on any atom is -0.323 e. The fourth-order valence-corrected chi connectivity index (χ4v) is 2.22. The Hall–Kier alpha value is -3.06. The summed E-state index contributed by atoms with van der Waals surface area (Å²) in [6.45, 7) is 0. The van der Waals surface area contributed by atoms with Gasteiger partial charge in [0.15, 0.2) is 0 Å². The summed E-state index contributed by atoms with van der Waals surface area (Å²) in [7, 11) is 0. The molecule has 0 unspecified atom stereocenters. The molecule has 8 heteroatoms. The monoisotopic (exact) mass is 343 g/mol. The van der Waals surface area contributed by atoms with E-state index in [9.17, 15) is 9.18 Å². The molecule has 0 atom stereocenters. The first-order valence-corrected chi connectivity index (χ1v) is 7.28. The third-order valence-corrected chi connectivity index (χ3v) is 3.48. The van der Waals surface area contributed by atoms with Crippen LogP contribution in [0.4, 0.5) is 10.1 Å². The van der Waals surface area contributed by atoms with Crippen molar-refractivity contribution >= 4 is 29.3 Å². The lowest BCUT2D eigenvalue weighted by Gasteiger charge is -2.04. The molecule has 0 radical (unpaired) electrons. The van der Waals surface area contributed by atoms with Crippen LogP contribution in [0.1, 0.15) is 5.56 Å². The number of carbonyl (C=O) groups excluding carboxylic acids is 1. The Kier molecular flexibility index (Phi) is 4.62. The van der Waals surface area contributed by atoms with Crippen molar-refractivity contribution in [2.24, 2.45) is 0 Å². The maximum Gasteiger partial charge on any atom is 0.248 e. The zero-order chi connectivity index (χ0) is 16.9. The second-order valence-electron chi connectivity index (χ2n) is 4.76. The highest BCUT2D eigenvalue weighted by atomic mass is 35.5. The number of anilines is 1. The molecule has 1 aromatic heterocycles. The minimum atomic E-state index is -0.489. The first-order chi connectivity index (χ1) is 11.6. The fraction of sp³-hybridized carbons (Fsp3) is 0. The highest BCUT2D eigenvalue weighted by Gasteiger charge is 2.05. The van der Waals surface area contributed by atoms with E-state index in [0.717, 1.165) is 5.69 Å². The van der Waals surface area contributed by atoms with Crippen LogP contribution in [0.3, 0.4) is 0 Å². The molecule has 0 saturated carbocycles. The molecule has 3 aromatic rings. The van der Waals surface area contributed by atoms with Gasteiger partial charge in [0.2, 0.25) is 5.91 Å². The number of benzene rings is 2. The maximum absolute atomic E-state index is 13.6. The summed E-state index contributed by atoms with van der Waals surface area (Å²) in [4.78, 5) is 11.9. The van der Waals surface area contributed by atoms with Gasteiger partial charge in [-0.2, -0.15) is 0 Å². The third kappa shape index (κ3) is 3.64. The number of nitrogens with zero attached hydrogens (tertiary/aromatic N) is 4. The van der Waals surface area contributed by atoms with Gasteiger partial charge >= 0.3 is 0 Å². The van der Waals surface area contributed by atoms with Crippen LogP contribution >= 0.6 is 11.6 Å². The second-order valence-corrected chi connectivity index (χ2v) is 5.17. The van der Waals surface area contributed by atoms with Gasteiger partial charge in [0.25, 0.3) is 0 Å². The number of nitrogens with one attached hydrogen (secondary N) is 1. The normalized spacial score (nSPS) is 10.9. The van der Waals surface area contributed by atoms with Gasteiger partial charge in [0.05, 0.1) is 10.7 Å². The fourth-order valence-electron chi connectivity index (χ4n) is 1.99. The molecule has 0 aliphatic heterocycles. The zero-order valence-electron chi connectivity index (χ0n) is 12.2. The summed E-state index contributed by atoms with van der Waals surface area (Å²) in [5.41, 5.74) is 1.51. The van der Waals surface area contributed by atoms with Crippen LogP contribution in [-0.4, -0.2) is 26.1 Å². The van der Waals surface area contributed by atoms with Crippen molar-refractivity contribution in [3.05, 3.63) is 71.3 Å². The third-order valence-electron chi connectivity index (χ3n) is 3.15. The van der Waals surface area contributed by atoms with Crippen molar-refractivity contribution in [3.8, 4) is 5.69 Å². The van der Waals surface area contributed by atoms with Crippen LogP contribution in [0, 0.1) is 5.82 Å². The lowest BCUT2D eigenvalue weighted by Crippen LogP contribution is -2.08. The molecular weight excluding hydrogens is 333 g/mol. The molecule has 2 aromatic carbocycles. The number of rotatable bonds is 4. The van der Waals surface area contributed by atoms with Crippen LogP contribution in [0.25, 0.3) is 11.8 Å². The first-order valence-electron chi connectivity index (χ1n) is 6.90. The van der Waals surface area contributed by atoms with E-state index in [1.165, 1.54) is 35.3 Å². The van der Waals surface area contributed by atoms with E-state index in [2.05, 4.69) is 20.8 Å². The van der Waals surface area contributed by atoms with Gasteiger partial charge in [-0.15, -0.1) is 5.10 Å². The van der Waals surface area contributed by atoms with E-state index in [4.69, 9.17) is 11.6 Å². The van der Waals surface area contributed by atoms with Crippen LogP contribution < -0.4 is 5.32 Å². The molecule has 0 aliphatic rings. The van der Waals surface area contributed by atoms with E-state index >= 15 is 0 Å². The molecule has 24 heavy (non-hydrogen) atoms. The van der Waals surface area contributed by atoms with Gasteiger partial charge in [-0.3, -0.25) is 4.79 Å². The van der Waals surface area contributed by atoms with Crippen molar-refractivity contribution in [1.82, 2.24) is 20.2 Å². The van der Waals surface area contributed by atoms with Crippen LogP contribution in [-0.2, 0) is 4.79 Å². The number of amides is 1. The summed E-state index contributed by atoms with van der Waals surface area (Å²) in [6.07, 6.45) is 4.02. The number of hydrogen-bond acceptors (Lipinski definition) is 4. The van der Waals surface area contributed by atoms with Crippen molar-refractivity contribution in [3.63, 3.8) is 0 Å². The molecule has 1 heterocycles. The molecule has 120 valence electrons. The Balaban J connectivity index is 1.68. The van der Waals surface area contributed by atoms with Crippen molar-refractivity contribution < 1.29 is 9.18 Å². The summed E-state index contributed by atoms with van der Waals surface area (Å²) < 4.78 is 15.1. The van der Waals surface area contributed by atoms with E-state index in [1.807, 2.05) is 0 Å².